The lowest BCUT2D eigenvalue weighted by Crippen LogP contribution is -2.25. The summed E-state index contributed by atoms with van der Waals surface area (Å²) in [6.45, 7) is 11.3. The quantitative estimate of drug-likeness (QED) is 0.366. The van der Waals surface area contributed by atoms with Crippen molar-refractivity contribution in [1.82, 2.24) is 15.2 Å². The number of nitrogens with one attached hydrogen (secondary N) is 2. The zero-order valence-corrected chi connectivity index (χ0v) is 23.6. The smallest absolute Gasteiger partial charge is 0.338 e. The van der Waals surface area contributed by atoms with Gasteiger partial charge in [0.1, 0.15) is 11.3 Å². The van der Waals surface area contributed by atoms with Crippen LogP contribution in [-0.2, 0) is 24.4 Å². The first kappa shape index (κ1) is 27.8. The van der Waals surface area contributed by atoms with Gasteiger partial charge in [-0.3, -0.25) is 19.5 Å². The maximum Gasteiger partial charge on any atom is 0.338 e. The largest absolute Gasteiger partial charge is 0.456 e. The van der Waals surface area contributed by atoms with Crippen molar-refractivity contribution >= 4 is 46.4 Å². The molecule has 38 heavy (non-hydrogen) atoms. The van der Waals surface area contributed by atoms with E-state index in [0.29, 0.717) is 26.5 Å². The summed E-state index contributed by atoms with van der Waals surface area (Å²) in [5.41, 5.74) is 3.07. The first-order valence-corrected chi connectivity index (χ1v) is 13.5. The van der Waals surface area contributed by atoms with Gasteiger partial charge < -0.3 is 15.4 Å². The van der Waals surface area contributed by atoms with Gasteiger partial charge in [-0.2, -0.15) is 0 Å². The number of anilines is 1. The van der Waals surface area contributed by atoms with E-state index in [-0.39, 0.29) is 23.7 Å². The highest BCUT2D eigenvalue weighted by atomic mass is 35.5. The molecule has 0 fully saturated rings. The van der Waals surface area contributed by atoms with Crippen LogP contribution in [0.2, 0.25) is 4.34 Å². The average molecular weight is 555 g/mol. The van der Waals surface area contributed by atoms with Crippen LogP contribution in [0.3, 0.4) is 0 Å². The molecule has 2 aromatic heterocycles. The van der Waals surface area contributed by atoms with Crippen molar-refractivity contribution in [2.24, 2.45) is 0 Å². The second-order valence-corrected chi connectivity index (χ2v) is 12.2. The molecule has 1 aliphatic heterocycles. The molecule has 3 heterocycles. The topological polar surface area (TPSA) is 101 Å². The van der Waals surface area contributed by atoms with Crippen molar-refractivity contribution in [1.29, 1.82) is 0 Å². The van der Waals surface area contributed by atoms with Gasteiger partial charge in [0.2, 0.25) is 0 Å². The third kappa shape index (κ3) is 6.78. The van der Waals surface area contributed by atoms with E-state index in [1.165, 1.54) is 11.3 Å². The van der Waals surface area contributed by atoms with Gasteiger partial charge in [0, 0.05) is 37.6 Å². The van der Waals surface area contributed by atoms with E-state index in [1.54, 1.807) is 57.3 Å². The molecule has 0 saturated heterocycles. The summed E-state index contributed by atoms with van der Waals surface area (Å²) in [4.78, 5) is 45.7. The number of carbonyl (C=O) groups excluding carboxylic acids is 3. The first-order chi connectivity index (χ1) is 17.9. The van der Waals surface area contributed by atoms with Gasteiger partial charge >= 0.3 is 5.97 Å². The molecule has 1 aromatic carbocycles. The van der Waals surface area contributed by atoms with Crippen LogP contribution >= 0.6 is 22.9 Å². The summed E-state index contributed by atoms with van der Waals surface area (Å²) in [7, 11) is 0. The molecule has 2 amide bonds. The summed E-state index contributed by atoms with van der Waals surface area (Å²) in [6.07, 6.45) is 1.75. The summed E-state index contributed by atoms with van der Waals surface area (Å²) in [5, 5.41) is 5.73. The summed E-state index contributed by atoms with van der Waals surface area (Å²) < 4.78 is 6.01. The minimum absolute atomic E-state index is 0.125. The minimum Gasteiger partial charge on any atom is -0.456 e. The van der Waals surface area contributed by atoms with E-state index < -0.39 is 17.5 Å². The number of nitrogens with zero attached hydrogens (tertiary/aromatic N) is 2. The summed E-state index contributed by atoms with van der Waals surface area (Å²) >= 11 is 7.13. The fraction of sp³-hybridized carbons (Fsp3) is 0.357. The highest BCUT2D eigenvalue weighted by Gasteiger charge is 2.24. The number of thiophene rings is 1. The highest BCUT2D eigenvalue weighted by molar-refractivity contribution is 7.18. The van der Waals surface area contributed by atoms with Crippen LogP contribution < -0.4 is 10.6 Å². The number of benzene rings is 1. The van der Waals surface area contributed by atoms with Crippen molar-refractivity contribution in [3.8, 4) is 0 Å². The van der Waals surface area contributed by atoms with Crippen LogP contribution in [0.25, 0.3) is 0 Å². The van der Waals surface area contributed by atoms with Crippen LogP contribution in [0.15, 0.2) is 42.6 Å². The van der Waals surface area contributed by atoms with E-state index in [1.807, 2.05) is 6.07 Å². The second-order valence-electron chi connectivity index (χ2n) is 10.5. The standard InChI is InChI=1S/C28H31ClN4O4S/c1-16(2)33-14-19-11-22(30-13-20(19)15-33)25(34)32-21-10-17(27(36)37-28(3,4)5)6-7-18(21)12-31-26(35)23-8-9-24(29)38-23/h6-11,13,16H,12,14-15H2,1-5H3,(H,31,35)(H,32,34). The van der Waals surface area contributed by atoms with Gasteiger partial charge in [0.15, 0.2) is 0 Å². The van der Waals surface area contributed by atoms with E-state index in [2.05, 4.69) is 34.4 Å². The predicted molar refractivity (Wildman–Crippen MR) is 149 cm³/mol. The van der Waals surface area contributed by atoms with Crippen molar-refractivity contribution in [2.75, 3.05) is 5.32 Å². The molecule has 200 valence electrons. The molecule has 4 rings (SSSR count). The van der Waals surface area contributed by atoms with Crippen LogP contribution in [-0.4, -0.2) is 39.3 Å². The van der Waals surface area contributed by atoms with Crippen LogP contribution in [0.5, 0.6) is 0 Å². The maximum atomic E-state index is 13.3. The molecular weight excluding hydrogens is 524 g/mol. The van der Waals surface area contributed by atoms with Crippen LogP contribution in [0.4, 0.5) is 5.69 Å². The minimum atomic E-state index is -0.673. The second kappa shape index (κ2) is 11.2. The number of fused-ring (bicyclic) bond motifs is 1. The molecular formula is C28H31ClN4O4S. The van der Waals surface area contributed by atoms with Crippen LogP contribution in [0.1, 0.15) is 81.8 Å². The molecule has 1 aliphatic rings. The summed E-state index contributed by atoms with van der Waals surface area (Å²) in [5.74, 6) is -1.21. The Labute approximate surface area is 231 Å². The SMILES string of the molecule is CC(C)N1Cc2cnc(C(=O)Nc3cc(C(=O)OC(C)(C)C)ccc3CNC(=O)c3ccc(Cl)s3)cc2C1. The lowest BCUT2D eigenvalue weighted by Gasteiger charge is -2.20. The third-order valence-electron chi connectivity index (χ3n) is 6.02. The first-order valence-electron chi connectivity index (χ1n) is 12.3. The third-order valence-corrected chi connectivity index (χ3v) is 7.25. The van der Waals surface area contributed by atoms with Gasteiger partial charge in [-0.05, 0) is 81.6 Å². The average Bonchev–Trinajstić information content (AvgIpc) is 3.47. The number of carbonyl (C=O) groups is 3. The fourth-order valence-corrected chi connectivity index (χ4v) is 4.95. The lowest BCUT2D eigenvalue weighted by atomic mass is 10.1. The molecule has 8 nitrogen and oxygen atoms in total. The molecule has 2 N–H and O–H groups in total. The molecule has 0 radical (unpaired) electrons. The lowest BCUT2D eigenvalue weighted by molar-refractivity contribution is 0.00692. The Morgan fingerprint density at radius 2 is 1.82 bits per heavy atom. The molecule has 0 spiro atoms. The molecule has 0 unspecified atom stereocenters. The molecule has 3 aromatic rings. The molecule has 0 aliphatic carbocycles. The van der Waals surface area contributed by atoms with Gasteiger partial charge in [0.25, 0.3) is 11.8 Å². The monoisotopic (exact) mass is 554 g/mol. The summed E-state index contributed by atoms with van der Waals surface area (Å²) in [6, 6.07) is 10.4. The van der Waals surface area contributed by atoms with E-state index >= 15 is 0 Å². The Hall–Kier alpha value is -3.27. The normalized spacial score (nSPS) is 13.3. The van der Waals surface area contributed by atoms with E-state index in [0.717, 1.165) is 24.2 Å². The number of hydrogen-bond acceptors (Lipinski definition) is 7. The van der Waals surface area contributed by atoms with Gasteiger partial charge in [-0.15, -0.1) is 11.3 Å². The van der Waals surface area contributed by atoms with Crippen LogP contribution in [0, 0.1) is 0 Å². The number of hydrogen-bond donors (Lipinski definition) is 2. The van der Waals surface area contributed by atoms with Crippen molar-refractivity contribution in [3.63, 3.8) is 0 Å². The van der Waals surface area contributed by atoms with E-state index in [4.69, 9.17) is 16.3 Å². The predicted octanol–water partition coefficient (Wildman–Crippen LogP) is 5.66. The fourth-order valence-electron chi connectivity index (χ4n) is 3.99. The maximum absolute atomic E-state index is 13.3. The Morgan fingerprint density at radius 1 is 1.08 bits per heavy atom. The molecule has 0 atom stereocenters. The van der Waals surface area contributed by atoms with Gasteiger partial charge in [-0.25, -0.2) is 4.79 Å². The Bertz CT molecular complexity index is 1380. The number of aromatic nitrogens is 1. The number of rotatable bonds is 7. The number of amides is 2. The van der Waals surface area contributed by atoms with Crippen molar-refractivity contribution in [3.05, 3.63) is 79.8 Å². The Kier molecular flexibility index (Phi) is 8.20. The Morgan fingerprint density at radius 3 is 2.47 bits per heavy atom. The molecule has 10 heteroatoms. The van der Waals surface area contributed by atoms with Gasteiger partial charge in [0.05, 0.1) is 14.8 Å². The van der Waals surface area contributed by atoms with E-state index in [9.17, 15) is 14.4 Å². The zero-order valence-electron chi connectivity index (χ0n) is 22.1. The zero-order chi connectivity index (χ0) is 27.6. The number of pyridine rings is 1. The molecule has 0 bridgehead atoms. The van der Waals surface area contributed by atoms with Crippen molar-refractivity contribution in [2.45, 2.75) is 65.9 Å². The van der Waals surface area contributed by atoms with Crippen molar-refractivity contribution < 1.29 is 19.1 Å². The number of esters is 1. The highest BCUT2D eigenvalue weighted by Crippen LogP contribution is 2.26. The number of ether oxygens (including phenoxy) is 1. The molecule has 0 saturated carbocycles. The van der Waals surface area contributed by atoms with Gasteiger partial charge in [-0.1, -0.05) is 17.7 Å². The number of halogens is 1. The Balaban J connectivity index is 1.57.